The maximum atomic E-state index is 14.7. The van der Waals surface area contributed by atoms with E-state index < -0.39 is 23.3 Å². The number of nitrogens with zero attached hydrogens (tertiary/aromatic N) is 6. The van der Waals surface area contributed by atoms with Crippen LogP contribution in [0.4, 0.5) is 20.3 Å². The van der Waals surface area contributed by atoms with Gasteiger partial charge in [0.15, 0.2) is 17.5 Å². The summed E-state index contributed by atoms with van der Waals surface area (Å²) in [6.45, 7) is 2.31. The van der Waals surface area contributed by atoms with Crippen LogP contribution in [0.1, 0.15) is 33.8 Å². The molecule has 0 radical (unpaired) electrons. The molecule has 2 fully saturated rings. The molecule has 5 rings (SSSR count). The molecule has 0 spiro atoms. The van der Waals surface area contributed by atoms with Crippen LogP contribution in [-0.2, 0) is 11.8 Å². The van der Waals surface area contributed by atoms with Gasteiger partial charge in [0.05, 0.1) is 28.0 Å². The molecule has 12 nitrogen and oxygen atoms in total. The predicted octanol–water partition coefficient (Wildman–Crippen LogP) is 2.13. The summed E-state index contributed by atoms with van der Waals surface area (Å²) in [4.78, 5) is 51.4. The van der Waals surface area contributed by atoms with E-state index in [0.29, 0.717) is 44.7 Å². The van der Waals surface area contributed by atoms with Gasteiger partial charge in [-0.25, -0.2) is 9.37 Å². The number of carbonyl (C=O) groups excluding carboxylic acids is 3. The van der Waals surface area contributed by atoms with Crippen LogP contribution in [0.3, 0.4) is 0 Å². The fraction of sp³-hybridized carbons (Fsp3) is 0.414. The summed E-state index contributed by atoms with van der Waals surface area (Å²) in [5.74, 6) is -3.14. The SMILES string of the molecule is CN(C)c1nc(F)c(-c2cnc(C(=O)Nc3ccc(C(=O)N4CCN(C(=O)C5(O)CCNCC5)CC4)c(Cl)c3)n2C)cc1F. The molecule has 0 aliphatic carbocycles. The Bertz CT molecular complexity index is 1600. The molecule has 234 valence electrons. The summed E-state index contributed by atoms with van der Waals surface area (Å²) >= 11 is 6.44. The summed E-state index contributed by atoms with van der Waals surface area (Å²) in [5, 5.41) is 16.7. The molecule has 0 atom stereocenters. The third kappa shape index (κ3) is 6.10. The van der Waals surface area contributed by atoms with Gasteiger partial charge in [-0.2, -0.15) is 9.37 Å². The van der Waals surface area contributed by atoms with E-state index in [4.69, 9.17) is 11.6 Å². The van der Waals surface area contributed by atoms with E-state index in [1.165, 1.54) is 40.9 Å². The van der Waals surface area contributed by atoms with Crippen molar-refractivity contribution in [2.45, 2.75) is 18.4 Å². The minimum absolute atomic E-state index is 0.0747. The van der Waals surface area contributed by atoms with E-state index in [1.807, 2.05) is 0 Å². The maximum absolute atomic E-state index is 14.7. The first-order chi connectivity index (χ1) is 20.9. The smallest absolute Gasteiger partial charge is 0.291 e. The van der Waals surface area contributed by atoms with E-state index >= 15 is 0 Å². The average Bonchev–Trinajstić information content (AvgIpc) is 3.38. The predicted molar refractivity (Wildman–Crippen MR) is 160 cm³/mol. The fourth-order valence-electron chi connectivity index (χ4n) is 5.41. The Balaban J connectivity index is 1.23. The molecule has 0 saturated carbocycles. The van der Waals surface area contributed by atoms with Crippen LogP contribution in [0.25, 0.3) is 11.3 Å². The minimum Gasteiger partial charge on any atom is -0.380 e. The Morgan fingerprint density at radius 1 is 1.07 bits per heavy atom. The van der Waals surface area contributed by atoms with Gasteiger partial charge in [-0.3, -0.25) is 14.4 Å². The van der Waals surface area contributed by atoms with Crippen molar-refractivity contribution in [1.82, 2.24) is 29.7 Å². The third-order valence-corrected chi connectivity index (χ3v) is 8.25. The summed E-state index contributed by atoms with van der Waals surface area (Å²) < 4.78 is 30.5. The number of aliphatic hydroxyl groups is 1. The molecule has 1 aromatic carbocycles. The Kier molecular flexibility index (Phi) is 8.86. The average molecular weight is 631 g/mol. The van der Waals surface area contributed by atoms with Crippen molar-refractivity contribution in [3.63, 3.8) is 0 Å². The quantitative estimate of drug-likeness (QED) is 0.353. The molecule has 0 bridgehead atoms. The molecular formula is C29H33ClF2N8O4. The van der Waals surface area contributed by atoms with E-state index in [2.05, 4.69) is 20.6 Å². The fourth-order valence-corrected chi connectivity index (χ4v) is 5.67. The zero-order valence-corrected chi connectivity index (χ0v) is 25.3. The van der Waals surface area contributed by atoms with Crippen LogP contribution in [0, 0.1) is 11.8 Å². The molecular weight excluding hydrogens is 598 g/mol. The van der Waals surface area contributed by atoms with Gasteiger partial charge in [0.2, 0.25) is 5.95 Å². The first-order valence-corrected chi connectivity index (χ1v) is 14.5. The molecule has 0 unspecified atom stereocenters. The van der Waals surface area contributed by atoms with Crippen molar-refractivity contribution in [3.05, 3.63) is 58.6 Å². The lowest BCUT2D eigenvalue weighted by Crippen LogP contribution is -2.59. The number of aromatic nitrogens is 3. The third-order valence-electron chi connectivity index (χ3n) is 7.94. The zero-order chi connectivity index (χ0) is 31.8. The Hall–Kier alpha value is -4.14. The summed E-state index contributed by atoms with van der Waals surface area (Å²) in [6.07, 6.45) is 1.95. The van der Waals surface area contributed by atoms with Gasteiger partial charge in [-0.1, -0.05) is 11.6 Å². The lowest BCUT2D eigenvalue weighted by atomic mass is 9.90. The highest BCUT2D eigenvalue weighted by Crippen LogP contribution is 2.28. The van der Waals surface area contributed by atoms with Gasteiger partial charge in [0.1, 0.15) is 5.60 Å². The first-order valence-electron chi connectivity index (χ1n) is 14.1. The maximum Gasteiger partial charge on any atom is 0.291 e. The normalized spacial score (nSPS) is 16.5. The molecule has 3 amide bonds. The Morgan fingerprint density at radius 3 is 2.36 bits per heavy atom. The van der Waals surface area contributed by atoms with Crippen LogP contribution < -0.4 is 15.5 Å². The molecule has 2 aliphatic rings. The lowest BCUT2D eigenvalue weighted by Gasteiger charge is -2.40. The highest BCUT2D eigenvalue weighted by molar-refractivity contribution is 6.34. The summed E-state index contributed by atoms with van der Waals surface area (Å²) in [5.41, 5.74) is -0.858. The molecule has 4 heterocycles. The highest BCUT2D eigenvalue weighted by Gasteiger charge is 2.41. The lowest BCUT2D eigenvalue weighted by molar-refractivity contribution is -0.155. The number of halogens is 3. The number of piperidine rings is 1. The van der Waals surface area contributed by atoms with Crippen LogP contribution in [-0.4, -0.2) is 106 Å². The number of pyridine rings is 1. The minimum atomic E-state index is -1.37. The van der Waals surface area contributed by atoms with Gasteiger partial charge < -0.3 is 35.0 Å². The molecule has 2 aromatic heterocycles. The second-order valence-corrected chi connectivity index (χ2v) is 11.5. The topological polar surface area (TPSA) is 136 Å². The molecule has 3 N–H and O–H groups in total. The summed E-state index contributed by atoms with van der Waals surface area (Å²) in [6, 6.07) is 5.45. The van der Waals surface area contributed by atoms with Gasteiger partial charge in [0, 0.05) is 53.0 Å². The van der Waals surface area contributed by atoms with Gasteiger partial charge in [0.25, 0.3) is 17.7 Å². The Labute approximate surface area is 257 Å². The Morgan fingerprint density at radius 2 is 1.73 bits per heavy atom. The number of hydrogen-bond donors (Lipinski definition) is 3. The number of rotatable bonds is 6. The second-order valence-electron chi connectivity index (χ2n) is 11.1. The standard InChI is InChI=1S/C29H33ClF2N8O4/c1-37(2)24-21(31)15-19(23(32)36-24)22-16-34-25(38(22)3)26(41)35-17-4-5-18(20(30)14-17)27(42)39-10-12-40(13-11-39)28(43)29(44)6-8-33-9-7-29/h4-5,14-16,33,44H,6-13H2,1-3H3,(H,35,41). The van der Waals surface area contributed by atoms with Crippen LogP contribution in [0.5, 0.6) is 0 Å². The number of piperazine rings is 1. The molecule has 44 heavy (non-hydrogen) atoms. The number of benzene rings is 1. The van der Waals surface area contributed by atoms with Crippen LogP contribution in [0.2, 0.25) is 5.02 Å². The van der Waals surface area contributed by atoms with Gasteiger partial charge in [-0.15, -0.1) is 0 Å². The van der Waals surface area contributed by atoms with Crippen molar-refractivity contribution in [3.8, 4) is 11.3 Å². The van der Waals surface area contributed by atoms with Crippen molar-refractivity contribution in [2.75, 3.05) is 63.6 Å². The van der Waals surface area contributed by atoms with Crippen molar-refractivity contribution in [2.24, 2.45) is 7.05 Å². The van der Waals surface area contributed by atoms with Crippen LogP contribution in [0.15, 0.2) is 30.5 Å². The number of nitrogens with one attached hydrogen (secondary N) is 2. The van der Waals surface area contributed by atoms with Crippen molar-refractivity contribution >= 4 is 40.8 Å². The first kappa shape index (κ1) is 31.3. The number of anilines is 2. The molecule has 2 aliphatic heterocycles. The second kappa shape index (κ2) is 12.5. The number of hydrogen-bond acceptors (Lipinski definition) is 8. The van der Waals surface area contributed by atoms with E-state index in [1.54, 1.807) is 23.9 Å². The number of imidazole rings is 1. The van der Waals surface area contributed by atoms with E-state index in [0.717, 1.165) is 6.07 Å². The van der Waals surface area contributed by atoms with Gasteiger partial charge in [-0.05, 0) is 50.2 Å². The number of carbonyl (C=O) groups is 3. The molecule has 3 aromatic rings. The zero-order valence-electron chi connectivity index (χ0n) is 24.5. The van der Waals surface area contributed by atoms with Crippen molar-refractivity contribution < 1.29 is 28.3 Å². The van der Waals surface area contributed by atoms with E-state index in [-0.39, 0.29) is 58.4 Å². The number of amides is 3. The molecule has 15 heteroatoms. The van der Waals surface area contributed by atoms with Crippen molar-refractivity contribution in [1.29, 1.82) is 0 Å². The van der Waals surface area contributed by atoms with Crippen LogP contribution >= 0.6 is 11.6 Å². The monoisotopic (exact) mass is 630 g/mol. The van der Waals surface area contributed by atoms with Gasteiger partial charge >= 0.3 is 0 Å². The van der Waals surface area contributed by atoms with E-state index in [9.17, 15) is 28.3 Å². The summed E-state index contributed by atoms with van der Waals surface area (Å²) in [7, 11) is 4.57. The molecule has 2 saturated heterocycles. The highest BCUT2D eigenvalue weighted by atomic mass is 35.5. The largest absolute Gasteiger partial charge is 0.380 e.